The molecular weight excluding hydrogens is 332 g/mol. The van der Waals surface area contributed by atoms with E-state index in [1.54, 1.807) is 0 Å². The van der Waals surface area contributed by atoms with Gasteiger partial charge in [0, 0.05) is 6.42 Å². The van der Waals surface area contributed by atoms with Crippen LogP contribution >= 0.6 is 0 Å². The topological polar surface area (TPSA) is 80.7 Å². The number of aliphatic hydroxyl groups excluding tert-OH is 1. The molecule has 0 aromatic carbocycles. The number of esters is 1. The molecule has 0 amide bonds. The second-order valence-corrected chi connectivity index (χ2v) is 6.36. The van der Waals surface area contributed by atoms with E-state index >= 15 is 0 Å². The molecule has 1 aliphatic rings. The molecular formula is C12H18F4O5S. The maximum atomic E-state index is 13.1. The van der Waals surface area contributed by atoms with E-state index < -0.39 is 59.3 Å². The van der Waals surface area contributed by atoms with Crippen molar-refractivity contribution in [3.8, 4) is 0 Å². The zero-order valence-corrected chi connectivity index (χ0v) is 12.5. The van der Waals surface area contributed by atoms with E-state index in [1.165, 1.54) is 0 Å². The number of halogens is 4. The SMILES string of the molecule is O=C(OCCCC(F)(F)C(F)(F)[SH](=O)=O)C1CCC(O)CC1. The first-order valence-electron chi connectivity index (χ1n) is 6.83. The zero-order valence-electron chi connectivity index (χ0n) is 11.6. The molecule has 1 fully saturated rings. The standard InChI is InChI=1S/C12H18F4O5S/c13-11(14,12(15,16)22(19)20)6-1-7-21-10(18)8-2-4-9(17)5-3-8/h8-9,17,22H,1-7H2. The van der Waals surface area contributed by atoms with Crippen LogP contribution in [0.5, 0.6) is 0 Å². The lowest BCUT2D eigenvalue weighted by molar-refractivity contribution is -0.164. The van der Waals surface area contributed by atoms with Crippen LogP contribution in [0.3, 0.4) is 0 Å². The average molecular weight is 350 g/mol. The minimum atomic E-state index is -5.12. The Kier molecular flexibility index (Phi) is 6.60. The molecule has 0 unspecified atom stereocenters. The first-order chi connectivity index (χ1) is 10.1. The van der Waals surface area contributed by atoms with E-state index in [1.807, 2.05) is 0 Å². The summed E-state index contributed by atoms with van der Waals surface area (Å²) < 4.78 is 76.7. The summed E-state index contributed by atoms with van der Waals surface area (Å²) in [5.74, 6) is -5.75. The Morgan fingerprint density at radius 1 is 1.14 bits per heavy atom. The summed E-state index contributed by atoms with van der Waals surface area (Å²) in [6, 6.07) is 0. The van der Waals surface area contributed by atoms with Crippen molar-refractivity contribution in [2.75, 3.05) is 6.61 Å². The van der Waals surface area contributed by atoms with Crippen LogP contribution in [0.25, 0.3) is 0 Å². The van der Waals surface area contributed by atoms with Gasteiger partial charge in [0.25, 0.3) is 0 Å². The van der Waals surface area contributed by atoms with E-state index in [0.717, 1.165) is 0 Å². The molecule has 0 radical (unpaired) electrons. The van der Waals surface area contributed by atoms with Gasteiger partial charge in [-0.1, -0.05) is 0 Å². The van der Waals surface area contributed by atoms with Crippen LogP contribution in [-0.4, -0.2) is 43.4 Å². The molecule has 1 N–H and O–H groups in total. The Balaban J connectivity index is 2.34. The number of carbonyl (C=O) groups is 1. The molecule has 1 aliphatic carbocycles. The highest BCUT2D eigenvalue weighted by atomic mass is 32.2. The first kappa shape index (κ1) is 19.1. The van der Waals surface area contributed by atoms with Gasteiger partial charge in [-0.3, -0.25) is 4.79 Å². The molecule has 0 aromatic heterocycles. The smallest absolute Gasteiger partial charge is 0.404 e. The van der Waals surface area contributed by atoms with Crippen LogP contribution in [0.15, 0.2) is 0 Å². The van der Waals surface area contributed by atoms with Crippen molar-refractivity contribution in [2.45, 2.75) is 55.8 Å². The highest BCUT2D eigenvalue weighted by Gasteiger charge is 2.58. The number of aliphatic hydroxyl groups is 1. The Morgan fingerprint density at radius 3 is 2.18 bits per heavy atom. The van der Waals surface area contributed by atoms with E-state index in [2.05, 4.69) is 0 Å². The van der Waals surface area contributed by atoms with Crippen molar-refractivity contribution < 1.29 is 40.6 Å². The Morgan fingerprint density at radius 2 is 1.68 bits per heavy atom. The van der Waals surface area contributed by atoms with Crippen LogP contribution in [0.2, 0.25) is 0 Å². The Bertz CT molecular complexity index is 450. The number of hydrogen-bond donors (Lipinski definition) is 2. The maximum Gasteiger partial charge on any atom is 0.404 e. The van der Waals surface area contributed by atoms with E-state index in [0.29, 0.717) is 25.7 Å². The third-order valence-corrected chi connectivity index (χ3v) is 4.36. The lowest BCUT2D eigenvalue weighted by Gasteiger charge is -2.24. The van der Waals surface area contributed by atoms with Gasteiger partial charge in [-0.15, -0.1) is 0 Å². The molecule has 0 aliphatic heterocycles. The van der Waals surface area contributed by atoms with Crippen molar-refractivity contribution in [3.05, 3.63) is 0 Å². The fraction of sp³-hybridized carbons (Fsp3) is 0.917. The van der Waals surface area contributed by atoms with Crippen molar-refractivity contribution in [3.63, 3.8) is 0 Å². The third kappa shape index (κ3) is 4.80. The van der Waals surface area contributed by atoms with Gasteiger partial charge in [-0.2, -0.15) is 17.6 Å². The summed E-state index contributed by atoms with van der Waals surface area (Å²) in [4.78, 5) is 11.6. The molecule has 0 aromatic rings. The predicted octanol–water partition coefficient (Wildman–Crippen LogP) is 1.70. The minimum Gasteiger partial charge on any atom is -0.465 e. The van der Waals surface area contributed by atoms with Crippen molar-refractivity contribution in [1.82, 2.24) is 0 Å². The number of rotatable bonds is 7. The number of carbonyl (C=O) groups excluding carboxylic acids is 1. The van der Waals surface area contributed by atoms with E-state index in [4.69, 9.17) is 4.74 Å². The third-order valence-electron chi connectivity index (χ3n) is 3.58. The summed E-state index contributed by atoms with van der Waals surface area (Å²) in [7, 11) is -4.59. The second-order valence-electron chi connectivity index (χ2n) is 5.28. The molecule has 10 heteroatoms. The summed E-state index contributed by atoms with van der Waals surface area (Å²) in [5.41, 5.74) is 0. The second kappa shape index (κ2) is 7.58. The molecule has 0 spiro atoms. The van der Waals surface area contributed by atoms with Crippen molar-refractivity contribution in [1.29, 1.82) is 0 Å². The van der Waals surface area contributed by atoms with E-state index in [9.17, 15) is 35.9 Å². The minimum absolute atomic E-state index is 0.422. The van der Waals surface area contributed by atoms with Crippen LogP contribution in [0, 0.1) is 5.92 Å². The largest absolute Gasteiger partial charge is 0.465 e. The molecule has 1 saturated carbocycles. The highest BCUT2D eigenvalue weighted by molar-refractivity contribution is 7.73. The number of thiol groups is 1. The van der Waals surface area contributed by atoms with Gasteiger partial charge in [0.15, 0.2) is 0 Å². The monoisotopic (exact) mass is 350 g/mol. The quantitative estimate of drug-likeness (QED) is 0.316. The predicted molar refractivity (Wildman–Crippen MR) is 68.4 cm³/mol. The maximum absolute atomic E-state index is 13.1. The van der Waals surface area contributed by atoms with Gasteiger partial charge < -0.3 is 9.84 Å². The molecule has 0 heterocycles. The van der Waals surface area contributed by atoms with Crippen LogP contribution < -0.4 is 0 Å². The fourth-order valence-electron chi connectivity index (χ4n) is 2.18. The lowest BCUT2D eigenvalue weighted by atomic mass is 9.87. The normalized spacial score (nSPS) is 23.5. The van der Waals surface area contributed by atoms with Gasteiger partial charge in [0.2, 0.25) is 10.7 Å². The van der Waals surface area contributed by atoms with Gasteiger partial charge in [0.1, 0.15) is 0 Å². The zero-order chi connectivity index (χ0) is 17.0. The van der Waals surface area contributed by atoms with Gasteiger partial charge in [-0.05, 0) is 32.1 Å². The van der Waals surface area contributed by atoms with E-state index in [-0.39, 0.29) is 0 Å². The van der Waals surface area contributed by atoms with Crippen LogP contribution in [0.1, 0.15) is 38.5 Å². The average Bonchev–Trinajstić information content (AvgIpc) is 2.43. The molecule has 22 heavy (non-hydrogen) atoms. The van der Waals surface area contributed by atoms with Gasteiger partial charge in [0.05, 0.1) is 18.6 Å². The van der Waals surface area contributed by atoms with Crippen molar-refractivity contribution in [2.24, 2.45) is 5.92 Å². The molecule has 1 rings (SSSR count). The Hall–Kier alpha value is -0.900. The highest BCUT2D eigenvalue weighted by Crippen LogP contribution is 2.38. The fourth-order valence-corrected chi connectivity index (χ4v) is 2.56. The summed E-state index contributed by atoms with van der Waals surface area (Å²) in [6.07, 6.45) is -0.705. The van der Waals surface area contributed by atoms with Gasteiger partial charge in [-0.25, -0.2) is 8.42 Å². The number of alkyl halides is 4. The number of ether oxygens (including phenoxy) is 1. The molecule has 0 bridgehead atoms. The summed E-state index contributed by atoms with van der Waals surface area (Å²) in [6.45, 7) is -0.487. The first-order valence-corrected chi connectivity index (χ1v) is 8.00. The van der Waals surface area contributed by atoms with Crippen LogP contribution in [-0.2, 0) is 20.2 Å². The number of hydrogen-bond acceptors (Lipinski definition) is 5. The molecule has 5 nitrogen and oxygen atoms in total. The van der Waals surface area contributed by atoms with Crippen LogP contribution in [0.4, 0.5) is 17.6 Å². The molecule has 0 saturated heterocycles. The summed E-state index contributed by atoms with van der Waals surface area (Å²) >= 11 is 0. The molecule has 130 valence electrons. The summed E-state index contributed by atoms with van der Waals surface area (Å²) in [5, 5.41) is 4.16. The molecule has 0 atom stereocenters. The Labute approximate surface area is 126 Å². The van der Waals surface area contributed by atoms with Gasteiger partial charge >= 0.3 is 17.1 Å². The van der Waals surface area contributed by atoms with Crippen molar-refractivity contribution >= 4 is 16.7 Å². The lowest BCUT2D eigenvalue weighted by Crippen LogP contribution is -2.41.